The molecule has 0 saturated carbocycles. The van der Waals surface area contributed by atoms with Crippen LogP contribution in [0.1, 0.15) is 55.6 Å². The molecule has 0 aliphatic carbocycles. The SMILES string of the molecule is CCOC(=O)C1=C(CN2CC(F)(I)C[C@H]2CCCCC(=O)O)NC(c2nccs2)=N[C@H]1c1ccc(F)cc1Cl. The van der Waals surface area contributed by atoms with Crippen LogP contribution in [0.25, 0.3) is 0 Å². The van der Waals surface area contributed by atoms with Crippen LogP contribution in [-0.4, -0.2) is 62.2 Å². The highest BCUT2D eigenvalue weighted by Gasteiger charge is 2.44. The average molecular weight is 693 g/mol. The number of rotatable bonds is 11. The van der Waals surface area contributed by atoms with Gasteiger partial charge in [-0.3, -0.25) is 14.7 Å². The first-order valence-corrected chi connectivity index (χ1v) is 14.8. The highest BCUT2D eigenvalue weighted by molar-refractivity contribution is 14.1. The Labute approximate surface area is 247 Å². The number of unbranched alkanes of at least 4 members (excludes halogenated alkanes) is 1. The third-order valence-electron chi connectivity index (χ3n) is 6.54. The zero-order valence-corrected chi connectivity index (χ0v) is 24.9. The van der Waals surface area contributed by atoms with Crippen molar-refractivity contribution in [2.24, 2.45) is 4.99 Å². The third kappa shape index (κ3) is 7.53. The maximum absolute atomic E-state index is 15.2. The molecule has 0 spiro atoms. The standard InChI is InChI=1S/C26H28ClF2IN4O4S/c1-2-38-25(37)21-19(13-34-14-26(29,30)12-16(34)5-3-4-6-20(35)36)32-23(24-31-9-10-39-24)33-22(21)17-8-7-15(28)11-18(17)27/h7-11,16,22H,2-6,12-14H2,1H3,(H,32,33)(H,35,36)/t16-,22+,26?/m1/s1. The number of nitrogens with one attached hydrogen (secondary N) is 1. The Balaban J connectivity index is 1.73. The molecule has 1 unspecified atom stereocenters. The van der Waals surface area contributed by atoms with Crippen molar-refractivity contribution in [3.63, 3.8) is 0 Å². The number of hydrogen-bond donors (Lipinski definition) is 2. The summed E-state index contributed by atoms with van der Waals surface area (Å²) in [7, 11) is 0. The van der Waals surface area contributed by atoms with E-state index in [0.29, 0.717) is 41.4 Å². The summed E-state index contributed by atoms with van der Waals surface area (Å²) in [4.78, 5) is 35.3. The lowest BCUT2D eigenvalue weighted by molar-refractivity contribution is -0.139. The van der Waals surface area contributed by atoms with Crippen LogP contribution in [0.15, 0.2) is 46.0 Å². The molecule has 8 nitrogen and oxygen atoms in total. The van der Waals surface area contributed by atoms with Crippen molar-refractivity contribution in [2.45, 2.75) is 54.8 Å². The summed E-state index contributed by atoms with van der Waals surface area (Å²) in [6.45, 7) is 2.13. The van der Waals surface area contributed by atoms with Crippen LogP contribution in [0.2, 0.25) is 5.02 Å². The fourth-order valence-electron chi connectivity index (χ4n) is 4.86. The number of hydrogen-bond acceptors (Lipinski definition) is 8. The fourth-order valence-corrected chi connectivity index (χ4v) is 6.67. The van der Waals surface area contributed by atoms with Gasteiger partial charge in [0.1, 0.15) is 11.9 Å². The maximum atomic E-state index is 15.2. The summed E-state index contributed by atoms with van der Waals surface area (Å²) in [6, 6.07) is 2.85. The van der Waals surface area contributed by atoms with E-state index in [1.165, 1.54) is 29.5 Å². The van der Waals surface area contributed by atoms with Crippen molar-refractivity contribution in [1.82, 2.24) is 15.2 Å². The largest absolute Gasteiger partial charge is 0.481 e. The van der Waals surface area contributed by atoms with Crippen LogP contribution in [-0.2, 0) is 14.3 Å². The molecule has 2 N–H and O–H groups in total. The number of carboxylic acid groups (broad SMARTS) is 1. The van der Waals surface area contributed by atoms with Crippen LogP contribution in [0.5, 0.6) is 0 Å². The molecule has 4 rings (SSSR count). The molecule has 1 fully saturated rings. The molecule has 1 aromatic carbocycles. The van der Waals surface area contributed by atoms with E-state index in [9.17, 15) is 14.0 Å². The molecule has 13 heteroatoms. The highest BCUT2D eigenvalue weighted by Crippen LogP contribution is 2.41. The number of thiazole rings is 1. The van der Waals surface area contributed by atoms with Gasteiger partial charge in [-0.25, -0.2) is 18.6 Å². The first kappa shape index (κ1) is 29.8. The number of halogens is 4. The van der Waals surface area contributed by atoms with E-state index >= 15 is 4.39 Å². The Bertz CT molecular complexity index is 1270. The van der Waals surface area contributed by atoms with E-state index < -0.39 is 27.5 Å². The van der Waals surface area contributed by atoms with Gasteiger partial charge in [-0.2, -0.15) is 0 Å². The van der Waals surface area contributed by atoms with E-state index in [-0.39, 0.29) is 49.2 Å². The second kappa shape index (κ2) is 13.0. The van der Waals surface area contributed by atoms with Gasteiger partial charge >= 0.3 is 11.9 Å². The minimum atomic E-state index is -1.47. The molecule has 2 aliphatic heterocycles. The maximum Gasteiger partial charge on any atom is 0.338 e. The summed E-state index contributed by atoms with van der Waals surface area (Å²) in [5.41, 5.74) is 1.11. The van der Waals surface area contributed by atoms with Crippen LogP contribution < -0.4 is 5.32 Å². The number of nitrogens with zero attached hydrogens (tertiary/aromatic N) is 3. The minimum Gasteiger partial charge on any atom is -0.481 e. The predicted octanol–water partition coefficient (Wildman–Crippen LogP) is 5.66. The average Bonchev–Trinajstić information content (AvgIpc) is 3.49. The quantitative estimate of drug-likeness (QED) is 0.136. The number of carbonyl (C=O) groups excluding carboxylic acids is 1. The van der Waals surface area contributed by atoms with Gasteiger partial charge in [0.25, 0.3) is 0 Å². The first-order valence-electron chi connectivity index (χ1n) is 12.5. The van der Waals surface area contributed by atoms with E-state index in [1.807, 2.05) is 27.5 Å². The van der Waals surface area contributed by atoms with Crippen LogP contribution in [0, 0.1) is 5.82 Å². The van der Waals surface area contributed by atoms with Crippen LogP contribution in [0.4, 0.5) is 8.78 Å². The van der Waals surface area contributed by atoms with E-state index in [1.54, 1.807) is 18.5 Å². The van der Waals surface area contributed by atoms with Gasteiger partial charge < -0.3 is 15.2 Å². The molecular weight excluding hydrogens is 665 g/mol. The number of carbonyl (C=O) groups is 2. The predicted molar refractivity (Wildman–Crippen MR) is 154 cm³/mol. The molecule has 0 bridgehead atoms. The number of ether oxygens (including phenoxy) is 1. The van der Waals surface area contributed by atoms with Crippen molar-refractivity contribution in [3.05, 3.63) is 62.5 Å². The van der Waals surface area contributed by atoms with E-state index in [4.69, 9.17) is 26.4 Å². The van der Waals surface area contributed by atoms with Gasteiger partial charge in [0.05, 0.1) is 12.2 Å². The number of carboxylic acids is 1. The van der Waals surface area contributed by atoms with Gasteiger partial charge in [0, 0.05) is 59.8 Å². The Morgan fingerprint density at radius 1 is 1.38 bits per heavy atom. The lowest BCUT2D eigenvalue weighted by atomic mass is 9.95. The first-order chi connectivity index (χ1) is 18.6. The van der Waals surface area contributed by atoms with Gasteiger partial charge in [-0.15, -0.1) is 11.3 Å². The molecule has 3 heterocycles. The molecule has 1 saturated heterocycles. The highest BCUT2D eigenvalue weighted by atomic mass is 127. The number of amidine groups is 1. The number of esters is 1. The second-order valence-electron chi connectivity index (χ2n) is 9.38. The summed E-state index contributed by atoms with van der Waals surface area (Å²) < 4.78 is 33.1. The van der Waals surface area contributed by atoms with Crippen LogP contribution in [0.3, 0.4) is 0 Å². The zero-order valence-electron chi connectivity index (χ0n) is 21.1. The number of aliphatic carboxylic acids is 1. The number of benzene rings is 1. The van der Waals surface area contributed by atoms with Gasteiger partial charge in [0.2, 0.25) is 0 Å². The molecule has 2 aromatic rings. The monoisotopic (exact) mass is 692 g/mol. The molecule has 3 atom stereocenters. The van der Waals surface area contributed by atoms with Crippen molar-refractivity contribution in [2.75, 3.05) is 19.7 Å². The molecule has 210 valence electrons. The molecule has 2 aliphatic rings. The Morgan fingerprint density at radius 3 is 2.85 bits per heavy atom. The summed E-state index contributed by atoms with van der Waals surface area (Å²) >= 11 is 9.60. The lowest BCUT2D eigenvalue weighted by Crippen LogP contribution is -2.41. The molecule has 39 heavy (non-hydrogen) atoms. The molecule has 0 radical (unpaired) electrons. The van der Waals surface area contributed by atoms with E-state index in [2.05, 4.69) is 10.3 Å². The number of aliphatic imine (C=N–C) groups is 1. The number of likely N-dealkylation sites (tertiary alicyclic amines) is 1. The van der Waals surface area contributed by atoms with Gasteiger partial charge in [-0.1, -0.05) is 24.1 Å². The Kier molecular flexibility index (Phi) is 9.94. The van der Waals surface area contributed by atoms with Crippen molar-refractivity contribution >= 4 is 63.3 Å². The van der Waals surface area contributed by atoms with Gasteiger partial charge in [-0.05, 0) is 54.5 Å². The Morgan fingerprint density at radius 2 is 2.18 bits per heavy atom. The summed E-state index contributed by atoms with van der Waals surface area (Å²) in [5.74, 6) is -1.57. The van der Waals surface area contributed by atoms with Crippen LogP contribution >= 0.6 is 45.5 Å². The summed E-state index contributed by atoms with van der Waals surface area (Å²) in [6.07, 6.45) is 3.73. The normalized spacial score (nSPS) is 23.5. The zero-order chi connectivity index (χ0) is 28.2. The lowest BCUT2D eigenvalue weighted by Gasteiger charge is -2.31. The van der Waals surface area contributed by atoms with Crippen molar-refractivity contribution in [1.29, 1.82) is 0 Å². The van der Waals surface area contributed by atoms with E-state index in [0.717, 1.165) is 0 Å². The molecule has 1 aromatic heterocycles. The smallest absolute Gasteiger partial charge is 0.338 e. The molecule has 0 amide bonds. The number of aromatic nitrogens is 1. The third-order valence-corrected chi connectivity index (χ3v) is 8.43. The summed E-state index contributed by atoms with van der Waals surface area (Å²) in [5, 5.41) is 14.7. The Hall–Kier alpha value is -2.16. The molecular formula is C26H28ClF2IN4O4S. The van der Waals surface area contributed by atoms with Gasteiger partial charge in [0.15, 0.2) is 14.5 Å². The fraction of sp³-hybridized carbons (Fsp3) is 0.462. The second-order valence-corrected chi connectivity index (χ2v) is 12.6. The minimum absolute atomic E-state index is 0.0607. The topological polar surface area (TPSA) is 104 Å². The van der Waals surface area contributed by atoms with Crippen molar-refractivity contribution < 1.29 is 28.2 Å². The number of alkyl halides is 2. The van der Waals surface area contributed by atoms with Crippen molar-refractivity contribution in [3.8, 4) is 0 Å².